The summed E-state index contributed by atoms with van der Waals surface area (Å²) in [5, 5.41) is 7.55. The third-order valence-corrected chi connectivity index (χ3v) is 7.59. The molecule has 10 nitrogen and oxygen atoms in total. The van der Waals surface area contributed by atoms with Crippen molar-refractivity contribution in [3.8, 4) is 11.1 Å². The Morgan fingerprint density at radius 1 is 1.18 bits per heavy atom. The minimum absolute atomic E-state index is 0.153. The van der Waals surface area contributed by atoms with Gasteiger partial charge in [0.25, 0.3) is 0 Å². The molecule has 2 aromatic heterocycles. The van der Waals surface area contributed by atoms with Gasteiger partial charge in [0.05, 0.1) is 12.1 Å². The van der Waals surface area contributed by atoms with Crippen LogP contribution >= 0.6 is 0 Å². The number of aryl methyl sites for hydroxylation is 1. The van der Waals surface area contributed by atoms with Crippen molar-refractivity contribution in [2.45, 2.75) is 71.6 Å². The highest BCUT2D eigenvalue weighted by Crippen LogP contribution is 2.59. The molecule has 5 rings (SSSR count). The maximum atomic E-state index is 13.6. The molecule has 1 aliphatic carbocycles. The van der Waals surface area contributed by atoms with Gasteiger partial charge in [-0.25, -0.2) is 9.97 Å². The second kappa shape index (κ2) is 9.95. The van der Waals surface area contributed by atoms with E-state index in [1.807, 2.05) is 19.1 Å². The van der Waals surface area contributed by atoms with E-state index in [0.29, 0.717) is 23.1 Å². The minimum Gasteiger partial charge on any atom is -0.350 e. The van der Waals surface area contributed by atoms with Gasteiger partial charge in [-0.1, -0.05) is 13.0 Å². The summed E-state index contributed by atoms with van der Waals surface area (Å²) in [7, 11) is 0. The molecule has 1 saturated heterocycles. The summed E-state index contributed by atoms with van der Waals surface area (Å²) in [4.78, 5) is 49.0. The van der Waals surface area contributed by atoms with E-state index in [2.05, 4.69) is 25.1 Å². The number of fused-ring (bicyclic) bond motifs is 2. The van der Waals surface area contributed by atoms with Crippen LogP contribution in [0.3, 0.4) is 0 Å². The molecule has 3 heterocycles. The molecule has 2 fully saturated rings. The lowest BCUT2D eigenvalue weighted by Gasteiger charge is -2.28. The van der Waals surface area contributed by atoms with Gasteiger partial charge in [0.2, 0.25) is 11.8 Å². The summed E-state index contributed by atoms with van der Waals surface area (Å²) in [5.41, 5.74) is 2.11. The molecule has 4 atom stereocenters. The molecular weight excluding hydrogens is 529 g/mol. The smallest absolute Gasteiger partial charge is 0.350 e. The van der Waals surface area contributed by atoms with E-state index < -0.39 is 31.0 Å². The number of ether oxygens (including phenoxy) is 1. The lowest BCUT2D eigenvalue weighted by molar-refractivity contribution is -0.326. The number of ketones is 1. The Bertz CT molecular complexity index is 1490. The number of amides is 2. The summed E-state index contributed by atoms with van der Waals surface area (Å²) >= 11 is 0. The molecule has 0 radical (unpaired) electrons. The van der Waals surface area contributed by atoms with Crippen LogP contribution in [0, 0.1) is 12.3 Å². The summed E-state index contributed by atoms with van der Waals surface area (Å²) in [6.07, 6.45) is -0.291. The summed E-state index contributed by atoms with van der Waals surface area (Å²) < 4.78 is 42.5. The van der Waals surface area contributed by atoms with Crippen LogP contribution in [-0.4, -0.2) is 73.3 Å². The lowest BCUT2D eigenvalue weighted by atomic mass is 10.0. The molecule has 3 aromatic rings. The van der Waals surface area contributed by atoms with Crippen LogP contribution in [0.5, 0.6) is 0 Å². The topological polar surface area (TPSA) is 119 Å². The number of aromatic nitrogens is 4. The molecule has 212 valence electrons. The summed E-state index contributed by atoms with van der Waals surface area (Å²) in [5.74, 6) is -0.525. The number of carbonyl (C=O) groups excluding carboxylic acids is 3. The average Bonchev–Trinajstić information content (AvgIpc) is 3.24. The minimum atomic E-state index is -4.80. The Kier molecular flexibility index (Phi) is 6.89. The van der Waals surface area contributed by atoms with Crippen molar-refractivity contribution in [2.75, 3.05) is 6.61 Å². The van der Waals surface area contributed by atoms with Gasteiger partial charge in [0.1, 0.15) is 24.1 Å². The highest BCUT2D eigenvalue weighted by atomic mass is 19.4. The Morgan fingerprint density at radius 2 is 1.88 bits per heavy atom. The zero-order valence-electron chi connectivity index (χ0n) is 22.5. The number of piperidine rings is 1. The summed E-state index contributed by atoms with van der Waals surface area (Å²) in [6, 6.07) is 3.53. The molecule has 2 amide bonds. The second-order valence-electron chi connectivity index (χ2n) is 10.9. The normalized spacial score (nSPS) is 22.7. The number of carbonyl (C=O) groups is 3. The van der Waals surface area contributed by atoms with E-state index in [1.165, 1.54) is 23.4 Å². The number of likely N-dealkylation sites (tertiary alicyclic amines) is 1. The van der Waals surface area contributed by atoms with Crippen LogP contribution in [0.15, 0.2) is 30.6 Å². The van der Waals surface area contributed by atoms with Crippen molar-refractivity contribution in [1.82, 2.24) is 30.0 Å². The largest absolute Gasteiger partial charge is 0.522 e. The maximum absolute atomic E-state index is 13.6. The molecule has 1 N–H and O–H groups in total. The van der Waals surface area contributed by atoms with Gasteiger partial charge in [-0.15, -0.1) is 13.2 Å². The van der Waals surface area contributed by atoms with Crippen LogP contribution in [-0.2, 0) is 20.9 Å². The third kappa shape index (κ3) is 5.42. The predicted octanol–water partition coefficient (Wildman–Crippen LogP) is 3.42. The molecule has 2 aliphatic rings. The fraction of sp³-hybridized carbons (Fsp3) is 0.481. The van der Waals surface area contributed by atoms with Crippen LogP contribution in [0.25, 0.3) is 22.0 Å². The number of nitrogens with one attached hydrogen (secondary N) is 1. The Balaban J connectivity index is 1.37. The van der Waals surface area contributed by atoms with E-state index >= 15 is 0 Å². The zero-order chi connectivity index (χ0) is 29.0. The first-order valence-corrected chi connectivity index (χ1v) is 12.9. The number of halogens is 3. The van der Waals surface area contributed by atoms with Gasteiger partial charge in [-0.3, -0.25) is 23.8 Å². The average molecular weight is 559 g/mol. The molecule has 1 aliphatic heterocycles. The predicted molar refractivity (Wildman–Crippen MR) is 137 cm³/mol. The highest BCUT2D eigenvalue weighted by molar-refractivity contribution is 6.06. The van der Waals surface area contributed by atoms with Crippen LogP contribution in [0.2, 0.25) is 0 Å². The maximum Gasteiger partial charge on any atom is 0.522 e. The van der Waals surface area contributed by atoms with Gasteiger partial charge in [-0.05, 0) is 49.8 Å². The van der Waals surface area contributed by atoms with E-state index in [0.717, 1.165) is 17.5 Å². The Labute approximate surface area is 227 Å². The van der Waals surface area contributed by atoms with Gasteiger partial charge < -0.3 is 10.2 Å². The molecule has 0 unspecified atom stereocenters. The quantitative estimate of drug-likeness (QED) is 0.421. The molecular formula is C27H29F3N6O4. The first kappa shape index (κ1) is 27.7. The fourth-order valence-corrected chi connectivity index (χ4v) is 5.45. The number of hydrogen-bond acceptors (Lipinski definition) is 7. The van der Waals surface area contributed by atoms with Crippen molar-refractivity contribution in [2.24, 2.45) is 5.41 Å². The molecule has 0 spiro atoms. The fourth-order valence-electron chi connectivity index (χ4n) is 5.45. The molecule has 1 saturated carbocycles. The molecule has 13 heteroatoms. The van der Waals surface area contributed by atoms with Crippen LogP contribution in [0.1, 0.15) is 49.9 Å². The highest BCUT2D eigenvalue weighted by Gasteiger charge is 2.64. The van der Waals surface area contributed by atoms with E-state index in [1.54, 1.807) is 25.4 Å². The van der Waals surface area contributed by atoms with E-state index in [-0.39, 0.29) is 35.4 Å². The van der Waals surface area contributed by atoms with Crippen LogP contribution in [0.4, 0.5) is 13.2 Å². The first-order chi connectivity index (χ1) is 18.8. The SMILES string of the molecule is CC(=O)c1nn(CC(=O)N2[C@H](C(=O)N[C@@H](C)COC(F)(F)F)C[C@@]3(C)C[C@@H]23)c2ccc(-c3cnc(C)nc3)cc12. The van der Waals surface area contributed by atoms with Crippen molar-refractivity contribution in [1.29, 1.82) is 0 Å². The third-order valence-electron chi connectivity index (χ3n) is 7.59. The first-order valence-electron chi connectivity index (χ1n) is 12.9. The zero-order valence-corrected chi connectivity index (χ0v) is 22.5. The number of alkyl halides is 3. The molecule has 0 bridgehead atoms. The Hall–Kier alpha value is -3.87. The molecule has 40 heavy (non-hydrogen) atoms. The van der Waals surface area contributed by atoms with Gasteiger partial charge in [-0.2, -0.15) is 5.10 Å². The van der Waals surface area contributed by atoms with Gasteiger partial charge in [0, 0.05) is 42.4 Å². The van der Waals surface area contributed by atoms with Crippen molar-refractivity contribution in [3.05, 3.63) is 42.1 Å². The Morgan fingerprint density at radius 3 is 2.52 bits per heavy atom. The summed E-state index contributed by atoms with van der Waals surface area (Å²) in [6.45, 7) is 5.62. The van der Waals surface area contributed by atoms with E-state index in [9.17, 15) is 27.6 Å². The standard InChI is InChI=1S/C27H29F3N6O4/c1-14(13-40-27(28,29)30)33-25(39)21-8-26(4)9-22(26)36(21)23(38)12-35-20-6-5-17(18-10-31-16(3)32-11-18)7-19(20)24(34-35)15(2)37/h5-7,10-11,14,21-22H,8-9,12-13H2,1-4H3,(H,33,39)/t14-,21-,22+,26-/m0/s1. The molecule has 1 aromatic carbocycles. The number of benzene rings is 1. The monoisotopic (exact) mass is 558 g/mol. The van der Waals surface area contributed by atoms with E-state index in [4.69, 9.17) is 0 Å². The number of rotatable bonds is 8. The second-order valence-corrected chi connectivity index (χ2v) is 10.9. The van der Waals surface area contributed by atoms with Gasteiger partial charge in [0.15, 0.2) is 5.78 Å². The van der Waals surface area contributed by atoms with Crippen molar-refractivity contribution < 1.29 is 32.3 Å². The van der Waals surface area contributed by atoms with Crippen LogP contribution < -0.4 is 5.32 Å². The number of hydrogen-bond donors (Lipinski definition) is 1. The number of nitrogens with zero attached hydrogens (tertiary/aromatic N) is 5. The van der Waals surface area contributed by atoms with Gasteiger partial charge >= 0.3 is 6.36 Å². The lowest BCUT2D eigenvalue weighted by Crippen LogP contribution is -2.51. The van der Waals surface area contributed by atoms with Crippen molar-refractivity contribution >= 4 is 28.5 Å². The van der Waals surface area contributed by atoms with Crippen molar-refractivity contribution in [3.63, 3.8) is 0 Å². The number of Topliss-reactive ketones (excluding diaryl/α,β-unsaturated/α-hetero) is 1.